The lowest BCUT2D eigenvalue weighted by Gasteiger charge is -2.10. The second-order valence-electron chi connectivity index (χ2n) is 3.11. The van der Waals surface area contributed by atoms with Gasteiger partial charge in [-0.1, -0.05) is 6.07 Å². The molecule has 2 aromatic rings. The summed E-state index contributed by atoms with van der Waals surface area (Å²) in [6.07, 6.45) is -1.90. The third kappa shape index (κ3) is 2.03. The fraction of sp³-hybridized carbons (Fsp3) is 0.0909. The Bertz CT molecular complexity index is 480. The zero-order valence-electron chi connectivity index (χ0n) is 8.07. The van der Waals surface area contributed by atoms with Gasteiger partial charge in [0.05, 0.1) is 5.69 Å². The van der Waals surface area contributed by atoms with E-state index in [9.17, 15) is 13.2 Å². The van der Waals surface area contributed by atoms with Crippen LogP contribution in [-0.4, -0.2) is 9.97 Å². The van der Waals surface area contributed by atoms with Gasteiger partial charge in [0, 0.05) is 18.0 Å². The lowest BCUT2D eigenvalue weighted by Crippen LogP contribution is -2.10. The highest BCUT2D eigenvalue weighted by Gasteiger charge is 2.35. The van der Waals surface area contributed by atoms with E-state index in [1.54, 1.807) is 12.1 Å². The van der Waals surface area contributed by atoms with Gasteiger partial charge in [-0.15, -0.1) is 0 Å². The number of rotatable bonds is 1. The van der Waals surface area contributed by atoms with Crippen LogP contribution in [0, 0.1) is 0 Å². The number of alkyl halides is 3. The highest BCUT2D eigenvalue weighted by atomic mass is 19.4. The molecule has 0 saturated heterocycles. The van der Waals surface area contributed by atoms with Gasteiger partial charge in [0.2, 0.25) is 0 Å². The van der Waals surface area contributed by atoms with Crippen molar-refractivity contribution in [3.8, 4) is 11.3 Å². The zero-order valence-corrected chi connectivity index (χ0v) is 8.07. The molecule has 0 unspecified atom stereocenters. The fourth-order valence-electron chi connectivity index (χ4n) is 1.36. The summed E-state index contributed by atoms with van der Waals surface area (Å²) in [7, 11) is 0. The standard InChI is InChI=1S/C11H7F3N2/c12-11(13,14)10-8(4-3-7-16-10)9-5-1-2-6-15-9/h1-7H. The molecule has 0 atom stereocenters. The molecular formula is C11H7F3N2. The predicted molar refractivity (Wildman–Crippen MR) is 52.5 cm³/mol. The van der Waals surface area contributed by atoms with Gasteiger partial charge in [0.25, 0.3) is 0 Å². The number of hydrogen-bond acceptors (Lipinski definition) is 2. The summed E-state index contributed by atoms with van der Waals surface area (Å²) < 4.78 is 37.9. The van der Waals surface area contributed by atoms with Gasteiger partial charge in [-0.2, -0.15) is 13.2 Å². The second-order valence-corrected chi connectivity index (χ2v) is 3.11. The first-order valence-corrected chi connectivity index (χ1v) is 4.52. The molecule has 0 aromatic carbocycles. The van der Waals surface area contributed by atoms with Crippen LogP contribution < -0.4 is 0 Å². The van der Waals surface area contributed by atoms with Crippen LogP contribution in [0.1, 0.15) is 5.69 Å². The van der Waals surface area contributed by atoms with Gasteiger partial charge < -0.3 is 0 Å². The summed E-state index contributed by atoms with van der Waals surface area (Å²) in [6.45, 7) is 0. The van der Waals surface area contributed by atoms with E-state index in [0.29, 0.717) is 0 Å². The first-order valence-electron chi connectivity index (χ1n) is 4.52. The maximum absolute atomic E-state index is 12.6. The predicted octanol–water partition coefficient (Wildman–Crippen LogP) is 3.16. The second kappa shape index (κ2) is 3.92. The van der Waals surface area contributed by atoms with E-state index in [0.717, 1.165) is 6.20 Å². The average molecular weight is 224 g/mol. The van der Waals surface area contributed by atoms with Gasteiger partial charge in [-0.05, 0) is 24.3 Å². The first-order chi connectivity index (χ1) is 7.59. The quantitative estimate of drug-likeness (QED) is 0.743. The first kappa shape index (κ1) is 10.6. The van der Waals surface area contributed by atoms with Crippen molar-refractivity contribution >= 4 is 0 Å². The van der Waals surface area contributed by atoms with Crippen LogP contribution in [0.15, 0.2) is 42.7 Å². The number of hydrogen-bond donors (Lipinski definition) is 0. The molecule has 0 fully saturated rings. The third-order valence-electron chi connectivity index (χ3n) is 2.02. The monoisotopic (exact) mass is 224 g/mol. The van der Waals surface area contributed by atoms with Crippen molar-refractivity contribution in [1.29, 1.82) is 0 Å². The summed E-state index contributed by atoms with van der Waals surface area (Å²) in [5, 5.41) is 0. The van der Waals surface area contributed by atoms with Crippen LogP contribution >= 0.6 is 0 Å². The molecule has 0 bridgehead atoms. The summed E-state index contributed by atoms with van der Waals surface area (Å²) in [5.41, 5.74) is -0.646. The molecule has 2 heterocycles. The lowest BCUT2D eigenvalue weighted by molar-refractivity contribution is -0.140. The van der Waals surface area contributed by atoms with Gasteiger partial charge in [-0.3, -0.25) is 9.97 Å². The Morgan fingerprint density at radius 1 is 0.875 bits per heavy atom. The molecule has 0 radical (unpaired) electrons. The largest absolute Gasteiger partial charge is 0.434 e. The van der Waals surface area contributed by atoms with Crippen molar-refractivity contribution in [3.63, 3.8) is 0 Å². The molecule has 2 rings (SSSR count). The molecule has 2 aromatic heterocycles. The van der Waals surface area contributed by atoms with Crippen LogP contribution in [-0.2, 0) is 6.18 Å². The van der Waals surface area contributed by atoms with Gasteiger partial charge in [0.15, 0.2) is 5.69 Å². The minimum atomic E-state index is -4.46. The molecule has 0 aliphatic rings. The molecule has 0 amide bonds. The van der Waals surface area contributed by atoms with E-state index in [-0.39, 0.29) is 11.3 Å². The molecule has 0 aliphatic carbocycles. The van der Waals surface area contributed by atoms with E-state index < -0.39 is 11.9 Å². The molecule has 0 spiro atoms. The normalized spacial score (nSPS) is 11.4. The van der Waals surface area contributed by atoms with Crippen LogP contribution in [0.4, 0.5) is 13.2 Å². The zero-order chi connectivity index (χ0) is 11.6. The van der Waals surface area contributed by atoms with E-state index in [1.165, 1.54) is 24.4 Å². The molecule has 5 heteroatoms. The molecule has 0 aliphatic heterocycles. The molecule has 16 heavy (non-hydrogen) atoms. The number of pyridine rings is 2. The van der Waals surface area contributed by atoms with Gasteiger partial charge in [0.1, 0.15) is 0 Å². The topological polar surface area (TPSA) is 25.8 Å². The fourth-order valence-corrected chi connectivity index (χ4v) is 1.36. The van der Waals surface area contributed by atoms with Crippen molar-refractivity contribution in [2.75, 3.05) is 0 Å². The van der Waals surface area contributed by atoms with Crippen LogP contribution in [0.2, 0.25) is 0 Å². The van der Waals surface area contributed by atoms with Crippen molar-refractivity contribution in [1.82, 2.24) is 9.97 Å². The Morgan fingerprint density at radius 2 is 1.62 bits per heavy atom. The Kier molecular flexibility index (Phi) is 2.60. The van der Waals surface area contributed by atoms with Crippen molar-refractivity contribution in [2.45, 2.75) is 6.18 Å². The summed E-state index contributed by atoms with van der Waals surface area (Å²) >= 11 is 0. The Hall–Kier alpha value is -1.91. The number of nitrogens with zero attached hydrogens (tertiary/aromatic N) is 2. The van der Waals surface area contributed by atoms with Crippen LogP contribution in [0.5, 0.6) is 0 Å². The third-order valence-corrected chi connectivity index (χ3v) is 2.02. The molecule has 0 saturated carbocycles. The van der Waals surface area contributed by atoms with Crippen LogP contribution in [0.25, 0.3) is 11.3 Å². The number of halogens is 3. The molecule has 82 valence electrons. The Balaban J connectivity index is 2.58. The van der Waals surface area contributed by atoms with Gasteiger partial charge >= 0.3 is 6.18 Å². The smallest absolute Gasteiger partial charge is 0.256 e. The highest BCUT2D eigenvalue weighted by molar-refractivity contribution is 5.62. The highest BCUT2D eigenvalue weighted by Crippen LogP contribution is 2.34. The summed E-state index contributed by atoms with van der Waals surface area (Å²) in [5.74, 6) is 0. The molecular weight excluding hydrogens is 217 g/mol. The summed E-state index contributed by atoms with van der Waals surface area (Å²) in [4.78, 5) is 7.24. The number of aromatic nitrogens is 2. The van der Waals surface area contributed by atoms with E-state index in [2.05, 4.69) is 9.97 Å². The van der Waals surface area contributed by atoms with Gasteiger partial charge in [-0.25, -0.2) is 0 Å². The molecule has 0 N–H and O–H groups in total. The molecule has 2 nitrogen and oxygen atoms in total. The van der Waals surface area contributed by atoms with Crippen LogP contribution in [0.3, 0.4) is 0 Å². The minimum absolute atomic E-state index is 0.00407. The minimum Gasteiger partial charge on any atom is -0.256 e. The SMILES string of the molecule is FC(F)(F)c1ncccc1-c1ccccn1. The van der Waals surface area contributed by atoms with E-state index in [1.807, 2.05) is 0 Å². The maximum atomic E-state index is 12.6. The Morgan fingerprint density at radius 3 is 2.25 bits per heavy atom. The van der Waals surface area contributed by atoms with Crippen molar-refractivity contribution in [3.05, 3.63) is 48.4 Å². The van der Waals surface area contributed by atoms with Crippen molar-refractivity contribution in [2.24, 2.45) is 0 Å². The van der Waals surface area contributed by atoms with E-state index in [4.69, 9.17) is 0 Å². The van der Waals surface area contributed by atoms with E-state index >= 15 is 0 Å². The maximum Gasteiger partial charge on any atom is 0.434 e. The Labute approximate surface area is 89.8 Å². The van der Waals surface area contributed by atoms with Crippen molar-refractivity contribution < 1.29 is 13.2 Å². The average Bonchev–Trinajstić information content (AvgIpc) is 2.29. The summed E-state index contributed by atoms with van der Waals surface area (Å²) in [6, 6.07) is 7.62. The lowest BCUT2D eigenvalue weighted by atomic mass is 10.1.